The third-order valence-electron chi connectivity index (χ3n) is 4.28. The molecular weight excluding hydrogens is 336 g/mol. The van der Waals surface area contributed by atoms with Crippen molar-refractivity contribution in [1.29, 1.82) is 0 Å². The first-order valence-electron chi connectivity index (χ1n) is 8.01. The van der Waals surface area contributed by atoms with Gasteiger partial charge in [0.05, 0.1) is 6.04 Å². The van der Waals surface area contributed by atoms with E-state index in [1.165, 1.54) is 23.1 Å². The Morgan fingerprint density at radius 1 is 1.00 bits per heavy atom. The van der Waals surface area contributed by atoms with Crippen molar-refractivity contribution in [2.45, 2.75) is 19.4 Å². The van der Waals surface area contributed by atoms with Gasteiger partial charge in [-0.2, -0.15) is 0 Å². The van der Waals surface area contributed by atoms with Crippen LogP contribution in [-0.4, -0.2) is 31.1 Å². The van der Waals surface area contributed by atoms with Crippen LogP contribution in [0, 0.1) is 6.92 Å². The van der Waals surface area contributed by atoms with Gasteiger partial charge in [0, 0.05) is 24.1 Å². The van der Waals surface area contributed by atoms with Crippen LogP contribution in [0.1, 0.15) is 29.2 Å². The predicted molar refractivity (Wildman–Crippen MR) is 96.2 cm³/mol. The van der Waals surface area contributed by atoms with E-state index < -0.39 is 0 Å². The van der Waals surface area contributed by atoms with Crippen molar-refractivity contribution in [2.24, 2.45) is 0 Å². The fourth-order valence-corrected chi connectivity index (χ4v) is 3.49. The van der Waals surface area contributed by atoms with Crippen LogP contribution in [0.25, 0.3) is 0 Å². The zero-order chi connectivity index (χ0) is 15.4. The minimum atomic E-state index is 0.341. The molecule has 2 aromatic carbocycles. The number of hydrogen-bond donors (Lipinski definition) is 1. The maximum absolute atomic E-state index is 3.55. The maximum atomic E-state index is 3.55. The predicted octanol–water partition coefficient (Wildman–Crippen LogP) is 4.14. The lowest BCUT2D eigenvalue weighted by Gasteiger charge is -2.31. The van der Waals surface area contributed by atoms with Gasteiger partial charge in [-0.05, 0) is 43.1 Å². The van der Waals surface area contributed by atoms with Crippen LogP contribution < -0.4 is 5.32 Å². The number of rotatable bonds is 3. The molecule has 0 aliphatic carbocycles. The van der Waals surface area contributed by atoms with Crippen molar-refractivity contribution in [2.75, 3.05) is 26.2 Å². The van der Waals surface area contributed by atoms with Crippen LogP contribution in [0.2, 0.25) is 0 Å². The molecule has 0 amide bonds. The van der Waals surface area contributed by atoms with Crippen molar-refractivity contribution in [1.82, 2.24) is 10.2 Å². The highest BCUT2D eigenvalue weighted by molar-refractivity contribution is 9.10. The molecule has 1 fully saturated rings. The molecule has 2 aromatic rings. The molecule has 3 heteroatoms. The van der Waals surface area contributed by atoms with Crippen LogP contribution >= 0.6 is 15.9 Å². The first-order valence-corrected chi connectivity index (χ1v) is 8.80. The Labute approximate surface area is 141 Å². The van der Waals surface area contributed by atoms with Gasteiger partial charge in [0.2, 0.25) is 0 Å². The zero-order valence-corrected chi connectivity index (χ0v) is 14.6. The molecule has 1 unspecified atom stereocenters. The van der Waals surface area contributed by atoms with E-state index in [4.69, 9.17) is 0 Å². The highest BCUT2D eigenvalue weighted by Crippen LogP contribution is 2.30. The van der Waals surface area contributed by atoms with Gasteiger partial charge >= 0.3 is 0 Å². The van der Waals surface area contributed by atoms with E-state index in [0.717, 1.165) is 30.7 Å². The fraction of sp³-hybridized carbons (Fsp3) is 0.368. The van der Waals surface area contributed by atoms with Gasteiger partial charge in [-0.15, -0.1) is 0 Å². The monoisotopic (exact) mass is 358 g/mol. The molecule has 0 radical (unpaired) electrons. The summed E-state index contributed by atoms with van der Waals surface area (Å²) in [5.74, 6) is 0. The average Bonchev–Trinajstić information content (AvgIpc) is 2.79. The highest BCUT2D eigenvalue weighted by atomic mass is 79.9. The molecule has 22 heavy (non-hydrogen) atoms. The molecule has 0 saturated carbocycles. The summed E-state index contributed by atoms with van der Waals surface area (Å²) in [4.78, 5) is 2.61. The van der Waals surface area contributed by atoms with Gasteiger partial charge in [0.15, 0.2) is 0 Å². The van der Waals surface area contributed by atoms with Crippen LogP contribution in [0.4, 0.5) is 0 Å². The Morgan fingerprint density at radius 3 is 2.59 bits per heavy atom. The number of benzene rings is 2. The molecule has 3 rings (SSSR count). The van der Waals surface area contributed by atoms with Crippen LogP contribution in [0.5, 0.6) is 0 Å². The molecule has 0 spiro atoms. The lowest BCUT2D eigenvalue weighted by molar-refractivity contribution is 0.241. The largest absolute Gasteiger partial charge is 0.315 e. The molecule has 2 nitrogen and oxygen atoms in total. The summed E-state index contributed by atoms with van der Waals surface area (Å²) in [5, 5.41) is 3.51. The molecular formula is C19H23BrN2. The minimum absolute atomic E-state index is 0.341. The molecule has 1 N–H and O–H groups in total. The van der Waals surface area contributed by atoms with Crippen molar-refractivity contribution in [3.05, 3.63) is 69.7 Å². The first-order chi connectivity index (χ1) is 10.7. The Kier molecular flexibility index (Phi) is 5.29. The van der Waals surface area contributed by atoms with Crippen molar-refractivity contribution >= 4 is 15.9 Å². The van der Waals surface area contributed by atoms with Gasteiger partial charge in [-0.3, -0.25) is 4.90 Å². The summed E-state index contributed by atoms with van der Waals surface area (Å²) in [6.45, 7) is 6.60. The quantitative estimate of drug-likeness (QED) is 0.886. The normalized spacial score (nSPS) is 17.9. The maximum Gasteiger partial charge on any atom is 0.0602 e. The number of nitrogens with zero attached hydrogens (tertiary/aromatic N) is 1. The van der Waals surface area contributed by atoms with E-state index in [2.05, 4.69) is 81.6 Å². The van der Waals surface area contributed by atoms with Gasteiger partial charge < -0.3 is 5.32 Å². The SMILES string of the molecule is Cc1cccc(C(c2ccc(Br)cc2)N2CCCNCC2)c1. The smallest absolute Gasteiger partial charge is 0.0602 e. The van der Waals surface area contributed by atoms with Gasteiger partial charge in [-0.25, -0.2) is 0 Å². The van der Waals surface area contributed by atoms with E-state index in [1.54, 1.807) is 0 Å². The highest BCUT2D eigenvalue weighted by Gasteiger charge is 2.23. The zero-order valence-electron chi connectivity index (χ0n) is 13.1. The number of hydrogen-bond acceptors (Lipinski definition) is 2. The van der Waals surface area contributed by atoms with E-state index in [9.17, 15) is 0 Å². The van der Waals surface area contributed by atoms with Gasteiger partial charge in [0.1, 0.15) is 0 Å². The molecule has 1 atom stereocenters. The van der Waals surface area contributed by atoms with E-state index in [0.29, 0.717) is 6.04 Å². The summed E-state index contributed by atoms with van der Waals surface area (Å²) in [6.07, 6.45) is 1.21. The minimum Gasteiger partial charge on any atom is -0.315 e. The Morgan fingerprint density at radius 2 is 1.82 bits per heavy atom. The van der Waals surface area contributed by atoms with Crippen molar-refractivity contribution < 1.29 is 0 Å². The number of aryl methyl sites for hydroxylation is 1. The molecule has 1 aliphatic rings. The van der Waals surface area contributed by atoms with E-state index >= 15 is 0 Å². The lowest BCUT2D eigenvalue weighted by Crippen LogP contribution is -2.33. The summed E-state index contributed by atoms with van der Waals surface area (Å²) < 4.78 is 1.14. The summed E-state index contributed by atoms with van der Waals surface area (Å²) in [7, 11) is 0. The van der Waals surface area contributed by atoms with Crippen LogP contribution in [-0.2, 0) is 0 Å². The molecule has 0 aromatic heterocycles. The molecule has 116 valence electrons. The molecule has 1 heterocycles. The van der Waals surface area contributed by atoms with Crippen molar-refractivity contribution in [3.63, 3.8) is 0 Å². The van der Waals surface area contributed by atoms with Gasteiger partial charge in [-0.1, -0.05) is 57.9 Å². The van der Waals surface area contributed by atoms with Gasteiger partial charge in [0.25, 0.3) is 0 Å². The Balaban J connectivity index is 1.99. The molecule has 1 aliphatic heterocycles. The summed E-state index contributed by atoms with van der Waals surface area (Å²) in [6, 6.07) is 18.1. The summed E-state index contributed by atoms with van der Waals surface area (Å²) >= 11 is 3.55. The van der Waals surface area contributed by atoms with Crippen LogP contribution in [0.3, 0.4) is 0 Å². The second-order valence-corrected chi connectivity index (χ2v) is 6.92. The Bertz CT molecular complexity index is 601. The topological polar surface area (TPSA) is 15.3 Å². The van der Waals surface area contributed by atoms with Crippen LogP contribution in [0.15, 0.2) is 53.0 Å². The standard InChI is InChI=1S/C19H23BrN2/c1-15-4-2-5-17(14-15)19(16-6-8-18(20)9-7-16)22-12-3-10-21-11-13-22/h2,4-9,14,19,21H,3,10-13H2,1H3. The van der Waals surface area contributed by atoms with Crippen molar-refractivity contribution in [3.8, 4) is 0 Å². The lowest BCUT2D eigenvalue weighted by atomic mass is 9.95. The molecule has 1 saturated heterocycles. The Hall–Kier alpha value is -1.16. The average molecular weight is 359 g/mol. The third-order valence-corrected chi connectivity index (χ3v) is 4.81. The molecule has 0 bridgehead atoms. The summed E-state index contributed by atoms with van der Waals surface area (Å²) in [5.41, 5.74) is 4.09. The number of nitrogens with one attached hydrogen (secondary N) is 1. The second-order valence-electron chi connectivity index (χ2n) is 6.01. The number of halogens is 1. The first kappa shape index (κ1) is 15.7. The second kappa shape index (κ2) is 7.40. The van der Waals surface area contributed by atoms with E-state index in [1.807, 2.05) is 0 Å². The third kappa shape index (κ3) is 3.78. The van der Waals surface area contributed by atoms with E-state index in [-0.39, 0.29) is 0 Å². The fourth-order valence-electron chi connectivity index (χ4n) is 3.22.